The Morgan fingerprint density at radius 1 is 1.00 bits per heavy atom. The summed E-state index contributed by atoms with van der Waals surface area (Å²) < 4.78 is 4.10. The molecule has 2 aliphatic heterocycles. The molecular formula is C22H25N3O2. The first kappa shape index (κ1) is 16.8. The molecule has 5 nitrogen and oxygen atoms in total. The Labute approximate surface area is 158 Å². The van der Waals surface area contributed by atoms with Gasteiger partial charge in [0.25, 0.3) is 5.56 Å². The molecule has 3 aromatic rings. The minimum absolute atomic E-state index is 0.121. The summed E-state index contributed by atoms with van der Waals surface area (Å²) >= 11 is 0. The van der Waals surface area contributed by atoms with E-state index in [1.165, 1.54) is 10.9 Å². The van der Waals surface area contributed by atoms with Gasteiger partial charge in [0.1, 0.15) is 0 Å². The Hall–Kier alpha value is -2.37. The third kappa shape index (κ3) is 3.11. The molecule has 0 radical (unpaired) electrons. The second kappa shape index (κ2) is 6.66. The van der Waals surface area contributed by atoms with Gasteiger partial charge in [-0.3, -0.25) is 9.69 Å². The summed E-state index contributed by atoms with van der Waals surface area (Å²) in [5.41, 5.74) is 2.45. The van der Waals surface area contributed by atoms with E-state index in [0.717, 1.165) is 31.7 Å². The van der Waals surface area contributed by atoms with E-state index in [1.807, 2.05) is 22.8 Å². The van der Waals surface area contributed by atoms with Gasteiger partial charge in [-0.2, -0.15) is 0 Å². The third-order valence-electron chi connectivity index (χ3n) is 6.11. The van der Waals surface area contributed by atoms with E-state index in [9.17, 15) is 9.90 Å². The Bertz CT molecular complexity index is 1020. The molecule has 2 aromatic heterocycles. The van der Waals surface area contributed by atoms with Crippen LogP contribution in [0.5, 0.6) is 0 Å². The summed E-state index contributed by atoms with van der Waals surface area (Å²) in [4.78, 5) is 14.5. The average molecular weight is 363 g/mol. The van der Waals surface area contributed by atoms with Crippen LogP contribution in [0.4, 0.5) is 0 Å². The van der Waals surface area contributed by atoms with E-state index >= 15 is 0 Å². The minimum atomic E-state index is -0.405. The van der Waals surface area contributed by atoms with Crippen molar-refractivity contribution < 1.29 is 5.11 Å². The second-order valence-corrected chi connectivity index (χ2v) is 8.10. The molecule has 3 atom stereocenters. The molecule has 1 N–H and O–H groups in total. The highest BCUT2D eigenvalue weighted by molar-refractivity contribution is 5.79. The highest BCUT2D eigenvalue weighted by atomic mass is 16.3. The number of nitrogens with zero attached hydrogens (tertiary/aromatic N) is 3. The van der Waals surface area contributed by atoms with E-state index in [1.54, 1.807) is 6.07 Å². The maximum atomic E-state index is 12.1. The van der Waals surface area contributed by atoms with E-state index in [-0.39, 0.29) is 5.56 Å². The molecule has 27 heavy (non-hydrogen) atoms. The van der Waals surface area contributed by atoms with Crippen LogP contribution < -0.4 is 5.56 Å². The number of fused-ring (bicyclic) bond motifs is 5. The van der Waals surface area contributed by atoms with Crippen molar-refractivity contribution in [2.75, 3.05) is 19.6 Å². The standard InChI is InChI=1S/C22H25N3O2/c26-19(15-24-9-8-17-4-1-2-5-20(17)24)14-23-11-16-10-18(13-23)21-6-3-7-22(27)25(21)12-16/h1-9,16,18-19,26H,10-15H2/t16-,18-,19-/m1/s1. The van der Waals surface area contributed by atoms with Crippen molar-refractivity contribution in [3.63, 3.8) is 0 Å². The number of hydrogen-bond acceptors (Lipinski definition) is 3. The molecule has 1 fully saturated rings. The normalized spacial score (nSPS) is 23.3. The molecule has 140 valence electrons. The van der Waals surface area contributed by atoms with E-state index in [2.05, 4.69) is 39.9 Å². The molecule has 1 aromatic carbocycles. The molecule has 5 heteroatoms. The average Bonchev–Trinajstić information content (AvgIpc) is 3.05. The van der Waals surface area contributed by atoms with Crippen LogP contribution in [0.25, 0.3) is 10.9 Å². The molecule has 1 saturated heterocycles. The van der Waals surface area contributed by atoms with E-state index in [0.29, 0.717) is 24.9 Å². The summed E-state index contributed by atoms with van der Waals surface area (Å²) in [6.07, 6.45) is 2.80. The van der Waals surface area contributed by atoms with Crippen molar-refractivity contribution in [3.8, 4) is 0 Å². The van der Waals surface area contributed by atoms with Gasteiger partial charge in [0.15, 0.2) is 0 Å². The lowest BCUT2D eigenvalue weighted by molar-refractivity contribution is 0.0553. The maximum absolute atomic E-state index is 12.1. The lowest BCUT2D eigenvalue weighted by Gasteiger charge is -2.43. The smallest absolute Gasteiger partial charge is 0.250 e. The number of benzene rings is 1. The van der Waals surface area contributed by atoms with Gasteiger partial charge in [0.2, 0.25) is 0 Å². The largest absolute Gasteiger partial charge is 0.390 e. The summed E-state index contributed by atoms with van der Waals surface area (Å²) in [7, 11) is 0. The van der Waals surface area contributed by atoms with Gasteiger partial charge in [-0.15, -0.1) is 0 Å². The number of aromatic nitrogens is 2. The topological polar surface area (TPSA) is 50.4 Å². The van der Waals surface area contributed by atoms with Crippen LogP contribution in [0, 0.1) is 5.92 Å². The molecule has 2 bridgehead atoms. The molecule has 0 amide bonds. The summed E-state index contributed by atoms with van der Waals surface area (Å²) in [5.74, 6) is 0.891. The van der Waals surface area contributed by atoms with Gasteiger partial charge in [-0.25, -0.2) is 0 Å². The first-order valence-corrected chi connectivity index (χ1v) is 9.81. The van der Waals surface area contributed by atoms with E-state index in [4.69, 9.17) is 0 Å². The molecule has 0 aliphatic carbocycles. The lowest BCUT2D eigenvalue weighted by atomic mass is 9.83. The molecule has 5 rings (SSSR count). The Morgan fingerprint density at radius 3 is 2.81 bits per heavy atom. The molecule has 4 heterocycles. The van der Waals surface area contributed by atoms with Crippen molar-refractivity contribution >= 4 is 10.9 Å². The number of rotatable bonds is 4. The highest BCUT2D eigenvalue weighted by Crippen LogP contribution is 2.34. The summed E-state index contributed by atoms with van der Waals surface area (Å²) in [6.45, 7) is 3.97. The van der Waals surface area contributed by atoms with Crippen molar-refractivity contribution in [1.82, 2.24) is 14.0 Å². The SMILES string of the molecule is O=c1cccc2n1C[C@@H]1C[C@@H]2CN(C[C@@H](O)Cn2ccc3ccccc32)C1. The number of aliphatic hydroxyl groups is 1. The van der Waals surface area contributed by atoms with Crippen LogP contribution >= 0.6 is 0 Å². The fourth-order valence-electron chi connectivity index (χ4n) is 5.03. The monoisotopic (exact) mass is 363 g/mol. The van der Waals surface area contributed by atoms with Crippen LogP contribution in [0.15, 0.2) is 59.5 Å². The van der Waals surface area contributed by atoms with Gasteiger partial charge in [0.05, 0.1) is 6.10 Å². The highest BCUT2D eigenvalue weighted by Gasteiger charge is 2.34. The number of β-amino-alcohol motifs (C(OH)–C–C–N with tert-alkyl or cyclic N) is 1. The van der Waals surface area contributed by atoms with Gasteiger partial charge in [0, 0.05) is 62.1 Å². The lowest BCUT2D eigenvalue weighted by Crippen LogP contribution is -2.49. The van der Waals surface area contributed by atoms with Crippen LogP contribution in [0.2, 0.25) is 0 Å². The molecule has 2 aliphatic rings. The Morgan fingerprint density at radius 2 is 1.89 bits per heavy atom. The summed E-state index contributed by atoms with van der Waals surface area (Å²) in [6, 6.07) is 16.0. The first-order valence-electron chi connectivity index (χ1n) is 9.81. The van der Waals surface area contributed by atoms with Crippen LogP contribution in [0.3, 0.4) is 0 Å². The molecule has 0 unspecified atom stereocenters. The predicted molar refractivity (Wildman–Crippen MR) is 106 cm³/mol. The fraction of sp³-hybridized carbons (Fsp3) is 0.409. The number of piperidine rings is 1. The zero-order valence-corrected chi connectivity index (χ0v) is 15.4. The quantitative estimate of drug-likeness (QED) is 0.774. The zero-order valence-electron chi connectivity index (χ0n) is 15.4. The van der Waals surface area contributed by atoms with Crippen molar-refractivity contribution in [2.24, 2.45) is 5.92 Å². The molecule has 0 spiro atoms. The molecular weight excluding hydrogens is 338 g/mol. The maximum Gasteiger partial charge on any atom is 0.250 e. The number of pyridine rings is 1. The van der Waals surface area contributed by atoms with Crippen LogP contribution in [-0.4, -0.2) is 44.9 Å². The summed E-state index contributed by atoms with van der Waals surface area (Å²) in [5, 5.41) is 11.9. The number of aliphatic hydroxyl groups excluding tert-OH is 1. The van der Waals surface area contributed by atoms with Crippen molar-refractivity contribution in [3.05, 3.63) is 70.8 Å². The Kier molecular flexibility index (Phi) is 4.14. The van der Waals surface area contributed by atoms with Gasteiger partial charge in [-0.1, -0.05) is 24.3 Å². The van der Waals surface area contributed by atoms with Gasteiger partial charge < -0.3 is 14.2 Å². The molecule has 0 saturated carbocycles. The second-order valence-electron chi connectivity index (χ2n) is 8.10. The first-order chi connectivity index (χ1) is 13.2. The van der Waals surface area contributed by atoms with E-state index < -0.39 is 6.10 Å². The van der Waals surface area contributed by atoms with Crippen molar-refractivity contribution in [2.45, 2.75) is 31.5 Å². The predicted octanol–water partition coefficient (Wildman–Crippen LogP) is 2.28. The Balaban J connectivity index is 1.29. The van der Waals surface area contributed by atoms with Gasteiger partial charge in [-0.05, 0) is 35.9 Å². The third-order valence-corrected chi connectivity index (χ3v) is 6.11. The number of hydrogen-bond donors (Lipinski definition) is 1. The number of para-hydroxylation sites is 1. The minimum Gasteiger partial charge on any atom is -0.390 e. The van der Waals surface area contributed by atoms with Crippen LogP contribution in [-0.2, 0) is 13.1 Å². The fourth-order valence-corrected chi connectivity index (χ4v) is 5.03. The zero-order chi connectivity index (χ0) is 18.4. The number of likely N-dealkylation sites (tertiary alicyclic amines) is 1. The van der Waals surface area contributed by atoms with Gasteiger partial charge >= 0.3 is 0 Å². The van der Waals surface area contributed by atoms with Crippen LogP contribution in [0.1, 0.15) is 18.0 Å². The van der Waals surface area contributed by atoms with Crippen molar-refractivity contribution in [1.29, 1.82) is 0 Å².